The Bertz CT molecular complexity index is 360. The Morgan fingerprint density at radius 1 is 1.57 bits per heavy atom. The van der Waals surface area contributed by atoms with Crippen molar-refractivity contribution in [2.75, 3.05) is 7.11 Å². The molecule has 0 radical (unpaired) electrons. The second-order valence-electron chi connectivity index (χ2n) is 3.13. The van der Waals surface area contributed by atoms with E-state index in [1.165, 1.54) is 7.11 Å². The third-order valence-electron chi connectivity index (χ3n) is 2.15. The molecule has 0 N–H and O–H groups in total. The average molecular weight is 217 g/mol. The van der Waals surface area contributed by atoms with Gasteiger partial charge in [0, 0.05) is 0 Å². The van der Waals surface area contributed by atoms with Crippen molar-refractivity contribution in [1.82, 2.24) is 9.78 Å². The summed E-state index contributed by atoms with van der Waals surface area (Å²) < 4.78 is 6.20. The molecular weight excluding hydrogens is 204 g/mol. The van der Waals surface area contributed by atoms with Crippen LogP contribution < -0.4 is 0 Å². The van der Waals surface area contributed by atoms with E-state index in [1.807, 2.05) is 6.92 Å². The maximum Gasteiger partial charge on any atom is 0.330 e. The van der Waals surface area contributed by atoms with Crippen LogP contribution in [-0.4, -0.2) is 22.9 Å². The summed E-state index contributed by atoms with van der Waals surface area (Å²) in [5, 5.41) is 4.76. The van der Waals surface area contributed by atoms with Gasteiger partial charge in [0.2, 0.25) is 0 Å². The van der Waals surface area contributed by atoms with Crippen LogP contribution in [0.1, 0.15) is 24.4 Å². The summed E-state index contributed by atoms with van der Waals surface area (Å²) >= 11 is 5.95. The van der Waals surface area contributed by atoms with Crippen LogP contribution in [0, 0.1) is 13.8 Å². The predicted molar refractivity (Wildman–Crippen MR) is 53.4 cm³/mol. The molecule has 1 heterocycles. The highest BCUT2D eigenvalue weighted by Gasteiger charge is 2.20. The highest BCUT2D eigenvalue weighted by molar-refractivity contribution is 6.31. The fraction of sp³-hybridized carbons (Fsp3) is 0.556. The van der Waals surface area contributed by atoms with Crippen LogP contribution in [0.15, 0.2) is 0 Å². The molecule has 0 amide bonds. The molecule has 0 aliphatic carbocycles. The number of ether oxygens (including phenoxy) is 1. The molecule has 1 atom stereocenters. The summed E-state index contributed by atoms with van der Waals surface area (Å²) in [6, 6.07) is -0.439. The lowest BCUT2D eigenvalue weighted by atomic mass is 10.3. The molecule has 0 aliphatic rings. The molecule has 0 bridgehead atoms. The van der Waals surface area contributed by atoms with Crippen molar-refractivity contribution in [3.63, 3.8) is 0 Å². The summed E-state index contributed by atoms with van der Waals surface area (Å²) in [7, 11) is 1.35. The number of rotatable bonds is 2. The fourth-order valence-corrected chi connectivity index (χ4v) is 1.41. The molecular formula is C9H13ClN2O2. The van der Waals surface area contributed by atoms with Crippen LogP contribution in [0.2, 0.25) is 5.02 Å². The Morgan fingerprint density at radius 2 is 2.14 bits per heavy atom. The van der Waals surface area contributed by atoms with Gasteiger partial charge < -0.3 is 4.74 Å². The number of halogens is 1. The Kier molecular flexibility index (Phi) is 3.16. The molecule has 0 saturated heterocycles. The highest BCUT2D eigenvalue weighted by Crippen LogP contribution is 2.22. The summed E-state index contributed by atoms with van der Waals surface area (Å²) in [5.74, 6) is -0.327. The van der Waals surface area contributed by atoms with E-state index in [9.17, 15) is 4.79 Å². The molecule has 0 aromatic carbocycles. The lowest BCUT2D eigenvalue weighted by molar-refractivity contribution is -0.144. The molecule has 0 aliphatic heterocycles. The number of carbonyl (C=O) groups is 1. The lowest BCUT2D eigenvalue weighted by Gasteiger charge is -2.11. The predicted octanol–water partition coefficient (Wildman–Crippen LogP) is 1.89. The monoisotopic (exact) mass is 216 g/mol. The molecule has 5 heteroatoms. The summed E-state index contributed by atoms with van der Waals surface area (Å²) in [6.45, 7) is 5.35. The molecule has 0 fully saturated rings. The number of hydrogen-bond donors (Lipinski definition) is 0. The van der Waals surface area contributed by atoms with Crippen molar-refractivity contribution in [2.24, 2.45) is 0 Å². The zero-order chi connectivity index (χ0) is 10.9. The van der Waals surface area contributed by atoms with Crippen molar-refractivity contribution in [1.29, 1.82) is 0 Å². The topological polar surface area (TPSA) is 44.1 Å². The first-order valence-electron chi connectivity index (χ1n) is 4.28. The van der Waals surface area contributed by atoms with Crippen molar-refractivity contribution in [2.45, 2.75) is 26.8 Å². The fourth-order valence-electron chi connectivity index (χ4n) is 1.29. The van der Waals surface area contributed by atoms with Gasteiger partial charge in [0.1, 0.15) is 6.04 Å². The van der Waals surface area contributed by atoms with Gasteiger partial charge in [-0.15, -0.1) is 0 Å². The van der Waals surface area contributed by atoms with Gasteiger partial charge in [0.05, 0.1) is 23.5 Å². The molecule has 1 aromatic rings. The van der Waals surface area contributed by atoms with Crippen LogP contribution in [0.5, 0.6) is 0 Å². The van der Waals surface area contributed by atoms with Crippen LogP contribution in [0.4, 0.5) is 0 Å². The van der Waals surface area contributed by atoms with Gasteiger partial charge in [0.15, 0.2) is 0 Å². The third kappa shape index (κ3) is 1.75. The Morgan fingerprint density at radius 3 is 2.50 bits per heavy atom. The summed E-state index contributed by atoms with van der Waals surface area (Å²) in [6.07, 6.45) is 0. The van der Waals surface area contributed by atoms with E-state index in [0.717, 1.165) is 11.4 Å². The van der Waals surface area contributed by atoms with E-state index in [4.69, 9.17) is 11.6 Å². The van der Waals surface area contributed by atoms with Crippen LogP contribution in [0.3, 0.4) is 0 Å². The van der Waals surface area contributed by atoms with Gasteiger partial charge in [-0.25, -0.2) is 4.79 Å². The van der Waals surface area contributed by atoms with Gasteiger partial charge in [-0.05, 0) is 20.8 Å². The summed E-state index contributed by atoms with van der Waals surface area (Å²) in [4.78, 5) is 11.3. The van der Waals surface area contributed by atoms with E-state index < -0.39 is 6.04 Å². The standard InChI is InChI=1S/C9H13ClN2O2/c1-5-8(10)6(2)12(11-5)7(3)9(13)14-4/h7H,1-4H3. The third-order valence-corrected chi connectivity index (χ3v) is 2.69. The van der Waals surface area contributed by atoms with Crippen molar-refractivity contribution >= 4 is 17.6 Å². The average Bonchev–Trinajstić information content (AvgIpc) is 2.43. The number of hydrogen-bond acceptors (Lipinski definition) is 3. The second-order valence-corrected chi connectivity index (χ2v) is 3.51. The number of aromatic nitrogens is 2. The first-order valence-corrected chi connectivity index (χ1v) is 4.65. The normalized spacial score (nSPS) is 12.6. The van der Waals surface area contributed by atoms with Crippen molar-refractivity contribution < 1.29 is 9.53 Å². The van der Waals surface area contributed by atoms with Crippen molar-refractivity contribution in [3.8, 4) is 0 Å². The van der Waals surface area contributed by atoms with E-state index in [1.54, 1.807) is 18.5 Å². The van der Waals surface area contributed by atoms with Gasteiger partial charge in [0.25, 0.3) is 0 Å². The van der Waals surface area contributed by atoms with Gasteiger partial charge in [-0.1, -0.05) is 11.6 Å². The zero-order valence-corrected chi connectivity index (χ0v) is 9.42. The highest BCUT2D eigenvalue weighted by atomic mass is 35.5. The van der Waals surface area contributed by atoms with E-state index >= 15 is 0 Å². The van der Waals surface area contributed by atoms with Crippen LogP contribution in [-0.2, 0) is 9.53 Å². The molecule has 14 heavy (non-hydrogen) atoms. The smallest absolute Gasteiger partial charge is 0.330 e. The number of nitrogens with zero attached hydrogens (tertiary/aromatic N) is 2. The first-order chi connectivity index (χ1) is 6.49. The Balaban J connectivity index is 3.07. The van der Waals surface area contributed by atoms with Gasteiger partial charge in [-0.3, -0.25) is 4.68 Å². The Labute approximate surface area is 87.8 Å². The van der Waals surface area contributed by atoms with Crippen molar-refractivity contribution in [3.05, 3.63) is 16.4 Å². The molecule has 1 rings (SSSR count). The number of carbonyl (C=O) groups excluding carboxylic acids is 1. The maximum absolute atomic E-state index is 11.3. The first kappa shape index (κ1) is 11.0. The molecule has 0 spiro atoms. The van der Waals surface area contributed by atoms with Gasteiger partial charge >= 0.3 is 5.97 Å². The zero-order valence-electron chi connectivity index (χ0n) is 8.67. The minimum atomic E-state index is -0.439. The van der Waals surface area contributed by atoms with E-state index in [-0.39, 0.29) is 5.97 Å². The maximum atomic E-state index is 11.3. The van der Waals surface area contributed by atoms with E-state index in [2.05, 4.69) is 9.84 Å². The second kappa shape index (κ2) is 4.00. The van der Waals surface area contributed by atoms with Crippen LogP contribution >= 0.6 is 11.6 Å². The molecule has 0 saturated carbocycles. The number of esters is 1. The SMILES string of the molecule is COC(=O)C(C)n1nc(C)c(Cl)c1C. The Hall–Kier alpha value is -1.03. The minimum Gasteiger partial charge on any atom is -0.467 e. The van der Waals surface area contributed by atoms with E-state index in [0.29, 0.717) is 5.02 Å². The largest absolute Gasteiger partial charge is 0.467 e. The quantitative estimate of drug-likeness (QED) is 0.710. The molecule has 78 valence electrons. The number of methoxy groups -OCH3 is 1. The van der Waals surface area contributed by atoms with Crippen LogP contribution in [0.25, 0.3) is 0 Å². The molecule has 4 nitrogen and oxygen atoms in total. The summed E-state index contributed by atoms with van der Waals surface area (Å²) in [5.41, 5.74) is 1.50. The molecule has 1 aromatic heterocycles. The molecule has 1 unspecified atom stereocenters. The minimum absolute atomic E-state index is 0.327. The number of aryl methyl sites for hydroxylation is 1. The lowest BCUT2D eigenvalue weighted by Crippen LogP contribution is -2.19. The van der Waals surface area contributed by atoms with Gasteiger partial charge in [-0.2, -0.15) is 5.10 Å².